The van der Waals surface area contributed by atoms with Crippen LogP contribution in [0.2, 0.25) is 0 Å². The summed E-state index contributed by atoms with van der Waals surface area (Å²) in [5.74, 6) is 1.97. The molecule has 1 N–H and O–H groups in total. The number of hydrogen-bond donors (Lipinski definition) is 1. The Morgan fingerprint density at radius 3 is 2.50 bits per heavy atom. The number of nitrogens with one attached hydrogen (secondary N) is 1. The normalized spacial score (nSPS) is 28.3. The summed E-state index contributed by atoms with van der Waals surface area (Å²) in [4.78, 5) is 0. The van der Waals surface area contributed by atoms with Crippen molar-refractivity contribution in [1.29, 1.82) is 0 Å². The van der Waals surface area contributed by atoms with Crippen molar-refractivity contribution in [3.63, 3.8) is 0 Å². The van der Waals surface area contributed by atoms with E-state index in [1.807, 2.05) is 0 Å². The van der Waals surface area contributed by atoms with E-state index in [2.05, 4.69) is 33.1 Å². The van der Waals surface area contributed by atoms with Crippen LogP contribution in [-0.4, -0.2) is 13.6 Å². The highest BCUT2D eigenvalue weighted by molar-refractivity contribution is 4.85. The van der Waals surface area contributed by atoms with Crippen LogP contribution in [0, 0.1) is 17.3 Å². The number of rotatable bonds is 4. The van der Waals surface area contributed by atoms with Crippen molar-refractivity contribution in [2.24, 2.45) is 17.3 Å². The molecular weight excluding hydrogens is 170 g/mol. The molecular formula is C13H27N. The fraction of sp³-hybridized carbons (Fsp3) is 1.00. The van der Waals surface area contributed by atoms with Gasteiger partial charge < -0.3 is 5.32 Å². The van der Waals surface area contributed by atoms with E-state index in [9.17, 15) is 0 Å². The monoisotopic (exact) mass is 197 g/mol. The second-order valence-electron chi connectivity index (χ2n) is 5.91. The predicted molar refractivity (Wildman–Crippen MR) is 63.4 cm³/mol. The molecule has 1 aliphatic carbocycles. The molecule has 0 aromatic heterocycles. The van der Waals surface area contributed by atoms with E-state index in [4.69, 9.17) is 0 Å². The van der Waals surface area contributed by atoms with Gasteiger partial charge in [0.15, 0.2) is 0 Å². The maximum absolute atomic E-state index is 3.25. The average molecular weight is 197 g/mol. The molecule has 1 rings (SSSR count). The van der Waals surface area contributed by atoms with Gasteiger partial charge in [0.25, 0.3) is 0 Å². The van der Waals surface area contributed by atoms with Crippen molar-refractivity contribution in [2.45, 2.75) is 52.9 Å². The van der Waals surface area contributed by atoms with Crippen molar-refractivity contribution in [1.82, 2.24) is 5.32 Å². The zero-order chi connectivity index (χ0) is 10.6. The lowest BCUT2D eigenvalue weighted by Crippen LogP contribution is -2.24. The van der Waals surface area contributed by atoms with Gasteiger partial charge in [0.05, 0.1) is 0 Å². The first kappa shape index (κ1) is 12.0. The molecule has 1 heteroatoms. The zero-order valence-electron chi connectivity index (χ0n) is 10.4. The molecule has 0 aromatic carbocycles. The first-order valence-corrected chi connectivity index (χ1v) is 6.20. The molecule has 1 fully saturated rings. The molecule has 0 heterocycles. The fourth-order valence-electron chi connectivity index (χ4n) is 3.06. The predicted octanol–water partition coefficient (Wildman–Crippen LogP) is 3.45. The molecule has 1 aliphatic rings. The maximum atomic E-state index is 3.25. The van der Waals surface area contributed by atoms with Crippen molar-refractivity contribution >= 4 is 0 Å². The van der Waals surface area contributed by atoms with Gasteiger partial charge >= 0.3 is 0 Å². The van der Waals surface area contributed by atoms with Gasteiger partial charge in [-0.2, -0.15) is 0 Å². The maximum Gasteiger partial charge on any atom is -0.00518 e. The van der Waals surface area contributed by atoms with Crippen LogP contribution in [0.25, 0.3) is 0 Å². The number of hydrogen-bond acceptors (Lipinski definition) is 1. The van der Waals surface area contributed by atoms with E-state index >= 15 is 0 Å². The Labute approximate surface area is 89.7 Å². The minimum absolute atomic E-state index is 0.529. The largest absolute Gasteiger partial charge is 0.320 e. The van der Waals surface area contributed by atoms with Crippen molar-refractivity contribution in [2.75, 3.05) is 13.6 Å². The Hall–Kier alpha value is -0.0400. The fourth-order valence-corrected chi connectivity index (χ4v) is 3.06. The van der Waals surface area contributed by atoms with E-state index in [0.717, 1.165) is 11.8 Å². The SMILES string of the molecule is CNCCCC1CCCC1C(C)(C)C. The van der Waals surface area contributed by atoms with Crippen LogP contribution in [0.3, 0.4) is 0 Å². The minimum Gasteiger partial charge on any atom is -0.320 e. The first-order chi connectivity index (χ1) is 6.55. The lowest BCUT2D eigenvalue weighted by Gasteiger charge is -2.32. The second kappa shape index (κ2) is 5.16. The van der Waals surface area contributed by atoms with Gasteiger partial charge in [0.1, 0.15) is 0 Å². The summed E-state index contributed by atoms with van der Waals surface area (Å²) in [7, 11) is 2.05. The zero-order valence-corrected chi connectivity index (χ0v) is 10.4. The topological polar surface area (TPSA) is 12.0 Å². The summed E-state index contributed by atoms with van der Waals surface area (Å²) in [6.45, 7) is 8.42. The van der Waals surface area contributed by atoms with Crippen LogP contribution in [0.1, 0.15) is 52.9 Å². The van der Waals surface area contributed by atoms with Crippen LogP contribution in [0.4, 0.5) is 0 Å². The third kappa shape index (κ3) is 3.27. The molecule has 0 aromatic rings. The van der Waals surface area contributed by atoms with Gasteiger partial charge in [-0.25, -0.2) is 0 Å². The molecule has 2 unspecified atom stereocenters. The molecule has 0 spiro atoms. The average Bonchev–Trinajstić information content (AvgIpc) is 2.52. The Morgan fingerprint density at radius 2 is 1.93 bits per heavy atom. The molecule has 84 valence electrons. The van der Waals surface area contributed by atoms with Crippen LogP contribution in [-0.2, 0) is 0 Å². The summed E-state index contributed by atoms with van der Waals surface area (Å²) in [5, 5.41) is 3.25. The molecule has 0 bridgehead atoms. The Kier molecular flexibility index (Phi) is 4.43. The van der Waals surface area contributed by atoms with Gasteiger partial charge in [-0.05, 0) is 50.1 Å². The van der Waals surface area contributed by atoms with Gasteiger partial charge in [-0.15, -0.1) is 0 Å². The van der Waals surface area contributed by atoms with E-state index in [1.165, 1.54) is 38.6 Å². The molecule has 14 heavy (non-hydrogen) atoms. The van der Waals surface area contributed by atoms with E-state index in [0.29, 0.717) is 5.41 Å². The van der Waals surface area contributed by atoms with E-state index < -0.39 is 0 Å². The molecule has 0 saturated heterocycles. The third-order valence-corrected chi connectivity index (χ3v) is 3.77. The Morgan fingerprint density at radius 1 is 1.21 bits per heavy atom. The van der Waals surface area contributed by atoms with E-state index in [1.54, 1.807) is 0 Å². The third-order valence-electron chi connectivity index (χ3n) is 3.77. The summed E-state index contributed by atoms with van der Waals surface area (Å²) in [6.07, 6.45) is 7.20. The standard InChI is InChI=1S/C13H27N/c1-13(2,3)12-9-5-7-11(12)8-6-10-14-4/h11-12,14H,5-10H2,1-4H3. The van der Waals surface area contributed by atoms with Crippen LogP contribution in [0.15, 0.2) is 0 Å². The lowest BCUT2D eigenvalue weighted by molar-refractivity contribution is 0.177. The smallest absolute Gasteiger partial charge is 0.00518 e. The molecule has 1 saturated carbocycles. The highest BCUT2D eigenvalue weighted by Crippen LogP contribution is 2.45. The molecule has 0 radical (unpaired) electrons. The second-order valence-corrected chi connectivity index (χ2v) is 5.91. The summed E-state index contributed by atoms with van der Waals surface area (Å²) in [6, 6.07) is 0. The molecule has 0 aliphatic heterocycles. The summed E-state index contributed by atoms with van der Waals surface area (Å²) < 4.78 is 0. The Bertz CT molecular complexity index is 157. The van der Waals surface area contributed by atoms with Crippen LogP contribution in [0.5, 0.6) is 0 Å². The van der Waals surface area contributed by atoms with Gasteiger partial charge in [-0.3, -0.25) is 0 Å². The highest BCUT2D eigenvalue weighted by Gasteiger charge is 2.35. The van der Waals surface area contributed by atoms with Crippen molar-refractivity contribution < 1.29 is 0 Å². The van der Waals surface area contributed by atoms with Crippen molar-refractivity contribution in [3.8, 4) is 0 Å². The van der Waals surface area contributed by atoms with Gasteiger partial charge in [0, 0.05) is 0 Å². The molecule has 1 nitrogen and oxygen atoms in total. The molecule has 2 atom stereocenters. The lowest BCUT2D eigenvalue weighted by atomic mass is 9.73. The highest BCUT2D eigenvalue weighted by atomic mass is 14.8. The van der Waals surface area contributed by atoms with E-state index in [-0.39, 0.29) is 0 Å². The summed E-state index contributed by atoms with van der Waals surface area (Å²) >= 11 is 0. The van der Waals surface area contributed by atoms with Gasteiger partial charge in [-0.1, -0.05) is 33.6 Å². The minimum atomic E-state index is 0.529. The summed E-state index contributed by atoms with van der Waals surface area (Å²) in [5.41, 5.74) is 0.529. The Balaban J connectivity index is 2.36. The van der Waals surface area contributed by atoms with Crippen LogP contribution < -0.4 is 5.32 Å². The van der Waals surface area contributed by atoms with Crippen molar-refractivity contribution in [3.05, 3.63) is 0 Å². The van der Waals surface area contributed by atoms with Crippen LogP contribution >= 0.6 is 0 Å². The van der Waals surface area contributed by atoms with Gasteiger partial charge in [0.2, 0.25) is 0 Å². The quantitative estimate of drug-likeness (QED) is 0.681. The molecule has 0 amide bonds. The first-order valence-electron chi connectivity index (χ1n) is 6.20.